The van der Waals surface area contributed by atoms with Crippen molar-refractivity contribution >= 4 is 5.91 Å². The van der Waals surface area contributed by atoms with Gasteiger partial charge in [0.2, 0.25) is 0 Å². The van der Waals surface area contributed by atoms with Gasteiger partial charge in [-0.25, -0.2) is 4.68 Å². The normalized spacial score (nSPS) is 14.9. The molecule has 0 spiro atoms. The highest BCUT2D eigenvalue weighted by molar-refractivity contribution is 5.95. The van der Waals surface area contributed by atoms with Crippen LogP contribution >= 0.6 is 0 Å². The Morgan fingerprint density at radius 2 is 2.06 bits per heavy atom. The summed E-state index contributed by atoms with van der Waals surface area (Å²) in [6.45, 7) is 3.55. The number of nitrogens with zero attached hydrogens (tertiary/aromatic N) is 2. The first-order valence-corrected chi connectivity index (χ1v) is 5.36. The molecule has 1 saturated carbocycles. The number of carbonyl (C=O) groups excluding carboxylic acids is 1. The molecule has 0 unspecified atom stereocenters. The molecule has 0 radical (unpaired) electrons. The van der Waals surface area contributed by atoms with Gasteiger partial charge in [-0.3, -0.25) is 9.59 Å². The quantitative estimate of drug-likeness (QED) is 0.780. The molecule has 1 aromatic rings. The Kier molecular flexibility index (Phi) is 2.53. The van der Waals surface area contributed by atoms with Crippen LogP contribution in [-0.2, 0) is 7.05 Å². The van der Waals surface area contributed by atoms with Crippen LogP contribution < -0.4 is 10.9 Å². The Morgan fingerprint density at radius 1 is 1.44 bits per heavy atom. The van der Waals surface area contributed by atoms with E-state index < -0.39 is 0 Å². The van der Waals surface area contributed by atoms with Crippen LogP contribution in [0, 0.1) is 13.8 Å². The van der Waals surface area contributed by atoms with Crippen LogP contribution in [0.4, 0.5) is 0 Å². The number of aromatic nitrogens is 2. The van der Waals surface area contributed by atoms with Crippen molar-refractivity contribution in [2.75, 3.05) is 0 Å². The van der Waals surface area contributed by atoms with Gasteiger partial charge in [-0.15, -0.1) is 0 Å². The van der Waals surface area contributed by atoms with Gasteiger partial charge < -0.3 is 5.32 Å². The summed E-state index contributed by atoms with van der Waals surface area (Å²) in [6, 6.07) is 0.255. The molecule has 0 saturated heterocycles. The van der Waals surface area contributed by atoms with E-state index >= 15 is 0 Å². The van der Waals surface area contributed by atoms with E-state index in [0.717, 1.165) is 12.8 Å². The lowest BCUT2D eigenvalue weighted by Crippen LogP contribution is -2.36. The van der Waals surface area contributed by atoms with Crippen LogP contribution in [0.25, 0.3) is 0 Å². The second kappa shape index (κ2) is 3.73. The largest absolute Gasteiger partial charge is 0.349 e. The minimum absolute atomic E-state index is 0.224. The molecule has 2 rings (SSSR count). The third kappa shape index (κ3) is 1.85. The monoisotopic (exact) mass is 221 g/mol. The third-order valence-electron chi connectivity index (χ3n) is 2.87. The molecule has 86 valence electrons. The first kappa shape index (κ1) is 10.9. The lowest BCUT2D eigenvalue weighted by molar-refractivity contribution is 0.0948. The average Bonchev–Trinajstić information content (AvgIpc) is 2.99. The molecule has 5 nitrogen and oxygen atoms in total. The molecule has 0 aliphatic heterocycles. The molecule has 1 fully saturated rings. The summed E-state index contributed by atoms with van der Waals surface area (Å²) < 4.78 is 1.21. The summed E-state index contributed by atoms with van der Waals surface area (Å²) >= 11 is 0. The number of rotatable bonds is 2. The lowest BCUT2D eigenvalue weighted by Gasteiger charge is -2.09. The maximum atomic E-state index is 11.9. The Balaban J connectivity index is 2.45. The van der Waals surface area contributed by atoms with Gasteiger partial charge in [0.05, 0.1) is 5.69 Å². The van der Waals surface area contributed by atoms with Crippen molar-refractivity contribution in [3.05, 3.63) is 27.2 Å². The summed E-state index contributed by atoms with van der Waals surface area (Å²) in [7, 11) is 1.56. The van der Waals surface area contributed by atoms with E-state index in [9.17, 15) is 9.59 Å². The van der Waals surface area contributed by atoms with Gasteiger partial charge in [-0.05, 0) is 32.3 Å². The van der Waals surface area contributed by atoms with Crippen molar-refractivity contribution in [3.63, 3.8) is 0 Å². The van der Waals surface area contributed by atoms with Gasteiger partial charge in [0, 0.05) is 13.1 Å². The summed E-state index contributed by atoms with van der Waals surface area (Å²) in [5.41, 5.74) is 1.27. The number of hydrogen-bond acceptors (Lipinski definition) is 3. The number of amides is 1. The van der Waals surface area contributed by atoms with E-state index in [1.807, 2.05) is 0 Å². The van der Waals surface area contributed by atoms with Gasteiger partial charge in [0.1, 0.15) is 5.56 Å². The fraction of sp³-hybridized carbons (Fsp3) is 0.545. The van der Waals surface area contributed by atoms with Crippen LogP contribution in [0.1, 0.15) is 34.5 Å². The fourth-order valence-electron chi connectivity index (χ4n) is 1.60. The zero-order valence-electron chi connectivity index (χ0n) is 9.70. The predicted octanol–water partition coefficient (Wildman–Crippen LogP) is 0.289. The lowest BCUT2D eigenvalue weighted by atomic mass is 10.1. The van der Waals surface area contributed by atoms with Gasteiger partial charge >= 0.3 is 0 Å². The minimum atomic E-state index is -0.332. The Morgan fingerprint density at radius 3 is 2.62 bits per heavy atom. The third-order valence-corrected chi connectivity index (χ3v) is 2.87. The fourth-order valence-corrected chi connectivity index (χ4v) is 1.60. The molecule has 1 N–H and O–H groups in total. The topological polar surface area (TPSA) is 64.0 Å². The van der Waals surface area contributed by atoms with E-state index in [0.29, 0.717) is 11.3 Å². The maximum absolute atomic E-state index is 11.9. The van der Waals surface area contributed by atoms with Crippen LogP contribution in [0.2, 0.25) is 0 Å². The summed E-state index contributed by atoms with van der Waals surface area (Å²) in [5.74, 6) is -0.272. The van der Waals surface area contributed by atoms with Crippen LogP contribution in [0.5, 0.6) is 0 Å². The van der Waals surface area contributed by atoms with Crippen molar-refractivity contribution in [1.29, 1.82) is 0 Å². The summed E-state index contributed by atoms with van der Waals surface area (Å²) in [6.07, 6.45) is 2.02. The first-order chi connectivity index (χ1) is 7.50. The molecule has 5 heteroatoms. The minimum Gasteiger partial charge on any atom is -0.349 e. The second-order valence-corrected chi connectivity index (χ2v) is 4.26. The highest BCUT2D eigenvalue weighted by Gasteiger charge is 2.26. The van der Waals surface area contributed by atoms with Crippen molar-refractivity contribution in [1.82, 2.24) is 15.1 Å². The molecule has 1 heterocycles. The Labute approximate surface area is 93.5 Å². The van der Waals surface area contributed by atoms with Gasteiger partial charge in [0.15, 0.2) is 0 Å². The Bertz CT molecular complexity index is 501. The highest BCUT2D eigenvalue weighted by atomic mass is 16.2. The average molecular weight is 221 g/mol. The zero-order chi connectivity index (χ0) is 11.9. The van der Waals surface area contributed by atoms with E-state index in [2.05, 4.69) is 10.4 Å². The van der Waals surface area contributed by atoms with Gasteiger partial charge in [-0.2, -0.15) is 5.10 Å². The molecule has 1 aromatic heterocycles. The molecular formula is C11H15N3O2. The predicted molar refractivity (Wildman–Crippen MR) is 59.4 cm³/mol. The molecule has 0 atom stereocenters. The molecular weight excluding hydrogens is 206 g/mol. The van der Waals surface area contributed by atoms with Gasteiger partial charge in [-0.1, -0.05) is 0 Å². The van der Waals surface area contributed by atoms with E-state index in [-0.39, 0.29) is 23.1 Å². The summed E-state index contributed by atoms with van der Waals surface area (Å²) in [5, 5.41) is 6.86. The number of hydrogen-bond donors (Lipinski definition) is 1. The second-order valence-electron chi connectivity index (χ2n) is 4.26. The Hall–Kier alpha value is -1.65. The van der Waals surface area contributed by atoms with Crippen LogP contribution in [0.15, 0.2) is 4.79 Å². The SMILES string of the molecule is Cc1nn(C)c(=O)c(C(=O)NC2CC2)c1C. The molecule has 1 aliphatic rings. The van der Waals surface area contributed by atoms with Gasteiger partial charge in [0.25, 0.3) is 11.5 Å². The smallest absolute Gasteiger partial charge is 0.279 e. The van der Waals surface area contributed by atoms with Crippen molar-refractivity contribution in [3.8, 4) is 0 Å². The summed E-state index contributed by atoms with van der Waals surface area (Å²) in [4.78, 5) is 23.7. The number of aryl methyl sites for hydroxylation is 2. The first-order valence-electron chi connectivity index (χ1n) is 5.36. The van der Waals surface area contributed by atoms with E-state index in [4.69, 9.17) is 0 Å². The number of carbonyl (C=O) groups is 1. The van der Waals surface area contributed by atoms with E-state index in [1.54, 1.807) is 20.9 Å². The highest BCUT2D eigenvalue weighted by Crippen LogP contribution is 2.19. The van der Waals surface area contributed by atoms with E-state index in [1.165, 1.54) is 4.68 Å². The standard InChI is InChI=1S/C11H15N3O2/c1-6-7(2)13-14(3)11(16)9(6)10(15)12-8-4-5-8/h8H,4-5H2,1-3H3,(H,12,15). The molecule has 16 heavy (non-hydrogen) atoms. The van der Waals surface area contributed by atoms with Crippen LogP contribution in [-0.4, -0.2) is 21.7 Å². The molecule has 0 bridgehead atoms. The van der Waals surface area contributed by atoms with Crippen molar-refractivity contribution in [2.24, 2.45) is 7.05 Å². The maximum Gasteiger partial charge on any atom is 0.279 e. The molecule has 1 aliphatic carbocycles. The molecule has 1 amide bonds. The van der Waals surface area contributed by atoms with Crippen LogP contribution in [0.3, 0.4) is 0 Å². The van der Waals surface area contributed by atoms with Crippen molar-refractivity contribution < 1.29 is 4.79 Å². The number of nitrogens with one attached hydrogen (secondary N) is 1. The molecule has 0 aromatic carbocycles. The zero-order valence-corrected chi connectivity index (χ0v) is 9.70. The van der Waals surface area contributed by atoms with Crippen molar-refractivity contribution in [2.45, 2.75) is 32.7 Å².